The summed E-state index contributed by atoms with van der Waals surface area (Å²) >= 11 is -0.360. The minimum Gasteiger partial charge on any atom is -0.0615 e. The van der Waals surface area contributed by atoms with Crippen molar-refractivity contribution in [2.75, 3.05) is 0 Å². The topological polar surface area (TPSA) is 51.6 Å². The Hall–Kier alpha value is -4.17. The summed E-state index contributed by atoms with van der Waals surface area (Å²) in [7, 11) is 0. The van der Waals surface area contributed by atoms with Crippen LogP contribution in [0, 0.1) is 0 Å². The molecule has 37 heavy (non-hydrogen) atoms. The molecule has 7 aromatic rings. The van der Waals surface area contributed by atoms with Crippen LogP contribution in [0.15, 0.2) is 121 Å². The van der Waals surface area contributed by atoms with Crippen molar-refractivity contribution in [2.24, 2.45) is 0 Å². The van der Waals surface area contributed by atoms with Gasteiger partial charge in [0.25, 0.3) is 0 Å². The van der Waals surface area contributed by atoms with Gasteiger partial charge in [-0.2, -0.15) is 0 Å². The number of nitrogens with zero attached hydrogens (tertiary/aromatic N) is 4. The zero-order valence-corrected chi connectivity index (χ0v) is 22.1. The predicted octanol–water partition coefficient (Wildman–Crippen LogP) is 7.30. The van der Waals surface area contributed by atoms with Gasteiger partial charge >= 0.3 is 188 Å². The average molecular weight is 588 g/mol. The molecule has 7 rings (SSSR count). The first-order valence-corrected chi connectivity index (χ1v) is 14.4. The van der Waals surface area contributed by atoms with Gasteiger partial charge in [0, 0.05) is 0 Å². The van der Waals surface area contributed by atoms with E-state index in [0.29, 0.717) is 17.5 Å². The Morgan fingerprint density at radius 1 is 0.459 bits per heavy atom. The smallest absolute Gasteiger partial charge is 0.0615 e. The van der Waals surface area contributed by atoms with Crippen molar-refractivity contribution in [3.8, 4) is 45.4 Å². The van der Waals surface area contributed by atoms with Crippen LogP contribution >= 0.6 is 0 Å². The number of pyridine rings is 1. The monoisotopic (exact) mass is 590 g/mol. The molecule has 0 radical (unpaired) electrons. The molecule has 0 unspecified atom stereocenters. The van der Waals surface area contributed by atoms with Crippen molar-refractivity contribution in [3.05, 3.63) is 121 Å². The van der Waals surface area contributed by atoms with Crippen LogP contribution < -0.4 is 0 Å². The van der Waals surface area contributed by atoms with Gasteiger partial charge in [-0.25, -0.2) is 0 Å². The molecule has 0 bridgehead atoms. The van der Waals surface area contributed by atoms with E-state index in [1.54, 1.807) is 0 Å². The first-order chi connectivity index (χ1) is 18.3. The molecule has 3 aromatic heterocycles. The quantitative estimate of drug-likeness (QED) is 0.203. The molecular weight excluding hydrogens is 568 g/mol. The molecule has 0 saturated carbocycles. The van der Waals surface area contributed by atoms with Crippen LogP contribution in [0.4, 0.5) is 0 Å². The van der Waals surface area contributed by atoms with Gasteiger partial charge in [0.1, 0.15) is 0 Å². The van der Waals surface area contributed by atoms with Crippen molar-refractivity contribution < 1.29 is 0 Å². The zero-order valence-electron chi connectivity index (χ0n) is 19.7. The van der Waals surface area contributed by atoms with Gasteiger partial charge in [0.05, 0.1) is 0 Å². The van der Waals surface area contributed by atoms with Gasteiger partial charge in [0.2, 0.25) is 0 Å². The van der Waals surface area contributed by atoms with Crippen molar-refractivity contribution in [1.82, 2.24) is 19.9 Å². The molecule has 0 fully saturated rings. The molecular formula is C32H20N4Te. The fourth-order valence-corrected chi connectivity index (χ4v) is 7.84. The summed E-state index contributed by atoms with van der Waals surface area (Å²) in [4.78, 5) is 19.3. The summed E-state index contributed by atoms with van der Waals surface area (Å²) in [5.41, 5.74) is 4.92. The first kappa shape index (κ1) is 22.1. The van der Waals surface area contributed by atoms with Crippen LogP contribution in [0.1, 0.15) is 0 Å². The van der Waals surface area contributed by atoms with Gasteiger partial charge in [-0.15, -0.1) is 0 Å². The molecule has 0 atom stereocenters. The molecule has 0 amide bonds. The Morgan fingerprint density at radius 3 is 1.70 bits per heavy atom. The molecule has 0 saturated heterocycles. The number of hydrogen-bond acceptors (Lipinski definition) is 4. The van der Waals surface area contributed by atoms with Gasteiger partial charge in [-0.1, -0.05) is 36.4 Å². The van der Waals surface area contributed by atoms with E-state index in [1.165, 1.54) is 23.1 Å². The fourth-order valence-electron chi connectivity index (χ4n) is 4.61. The summed E-state index contributed by atoms with van der Waals surface area (Å²) in [5.74, 6) is 1.91. The molecule has 0 aliphatic heterocycles. The van der Waals surface area contributed by atoms with E-state index in [4.69, 9.17) is 19.9 Å². The first-order valence-electron chi connectivity index (χ1n) is 12.1. The van der Waals surface area contributed by atoms with E-state index in [9.17, 15) is 0 Å². The van der Waals surface area contributed by atoms with Gasteiger partial charge in [-0.3, -0.25) is 0 Å². The zero-order chi connectivity index (χ0) is 24.6. The van der Waals surface area contributed by atoms with Crippen molar-refractivity contribution in [1.29, 1.82) is 0 Å². The van der Waals surface area contributed by atoms with E-state index >= 15 is 0 Å². The Balaban J connectivity index is 1.34. The molecule has 4 nitrogen and oxygen atoms in total. The minimum absolute atomic E-state index is 0.360. The third-order valence-electron chi connectivity index (χ3n) is 6.40. The van der Waals surface area contributed by atoms with Crippen LogP contribution in [0.2, 0.25) is 0 Å². The third kappa shape index (κ3) is 4.13. The summed E-state index contributed by atoms with van der Waals surface area (Å²) in [6.45, 7) is 0. The van der Waals surface area contributed by atoms with E-state index in [2.05, 4.69) is 54.6 Å². The Morgan fingerprint density at radius 2 is 1.05 bits per heavy atom. The van der Waals surface area contributed by atoms with Crippen molar-refractivity contribution in [2.45, 2.75) is 0 Å². The fraction of sp³-hybridized carbons (Fsp3) is 0. The molecule has 0 aliphatic rings. The summed E-state index contributed by atoms with van der Waals surface area (Å²) < 4.78 is 2.98. The van der Waals surface area contributed by atoms with E-state index in [-0.39, 0.29) is 20.4 Å². The summed E-state index contributed by atoms with van der Waals surface area (Å²) in [6.07, 6.45) is 1.88. The normalized spacial score (nSPS) is 11.2. The summed E-state index contributed by atoms with van der Waals surface area (Å²) in [6, 6.07) is 39.6. The van der Waals surface area contributed by atoms with Gasteiger partial charge in [0.15, 0.2) is 0 Å². The molecule has 5 heteroatoms. The Labute approximate surface area is 224 Å². The second kappa shape index (κ2) is 9.37. The van der Waals surface area contributed by atoms with Crippen LogP contribution in [0.5, 0.6) is 0 Å². The van der Waals surface area contributed by atoms with Crippen LogP contribution in [-0.2, 0) is 0 Å². The maximum absolute atomic E-state index is 4.89. The third-order valence-corrected chi connectivity index (χ3v) is 9.64. The SMILES string of the molecule is c1ccc(-c2nc(-c3ccccc3)nc(-c3ccc(-c4cccc5[te]c6ccccc6c45)nc3)n2)cc1. The van der Waals surface area contributed by atoms with E-state index in [1.807, 2.05) is 66.9 Å². The van der Waals surface area contributed by atoms with E-state index in [0.717, 1.165) is 22.4 Å². The number of rotatable bonds is 4. The number of fused-ring (bicyclic) bond motifs is 3. The predicted molar refractivity (Wildman–Crippen MR) is 151 cm³/mol. The van der Waals surface area contributed by atoms with Crippen LogP contribution in [0.25, 0.3) is 63.0 Å². The van der Waals surface area contributed by atoms with Gasteiger partial charge in [-0.05, 0) is 0 Å². The Kier molecular flexibility index (Phi) is 5.58. The van der Waals surface area contributed by atoms with Crippen molar-refractivity contribution >= 4 is 38.0 Å². The van der Waals surface area contributed by atoms with Crippen LogP contribution in [0.3, 0.4) is 0 Å². The Bertz CT molecular complexity index is 1800. The van der Waals surface area contributed by atoms with E-state index < -0.39 is 0 Å². The molecule has 174 valence electrons. The number of hydrogen-bond donors (Lipinski definition) is 0. The van der Waals surface area contributed by atoms with Gasteiger partial charge < -0.3 is 0 Å². The second-order valence-electron chi connectivity index (χ2n) is 8.75. The summed E-state index contributed by atoms with van der Waals surface area (Å²) in [5, 5.41) is 2.71. The number of benzene rings is 4. The minimum atomic E-state index is -0.360. The second-order valence-corrected chi connectivity index (χ2v) is 11.8. The van der Waals surface area contributed by atoms with Crippen LogP contribution in [-0.4, -0.2) is 40.4 Å². The molecule has 4 aromatic carbocycles. The molecule has 0 N–H and O–H groups in total. The maximum atomic E-state index is 4.89. The van der Waals surface area contributed by atoms with Crippen molar-refractivity contribution in [3.63, 3.8) is 0 Å². The standard InChI is InChI=1S/C32H20N4Te/c1-3-10-21(11-4-1)30-34-31(22-12-5-2-6-13-22)36-32(35-30)23-18-19-26(33-20-23)24-15-9-17-28-29(24)25-14-7-8-16-27(25)37-28/h1-20H. The number of aromatic nitrogens is 4. The molecule has 0 aliphatic carbocycles. The average Bonchev–Trinajstić information content (AvgIpc) is 3.37. The molecule has 0 spiro atoms. The molecule has 3 heterocycles.